The van der Waals surface area contributed by atoms with Crippen LogP contribution in [0.2, 0.25) is 0 Å². The molecule has 1 amide bonds. The molecule has 2 heterocycles. The quantitative estimate of drug-likeness (QED) is 0.701. The summed E-state index contributed by atoms with van der Waals surface area (Å²) < 4.78 is 24.4. The number of nitrogens with zero attached hydrogens (tertiary/aromatic N) is 2. The molecule has 1 aromatic heterocycles. The molecule has 1 fully saturated rings. The fourth-order valence-corrected chi connectivity index (χ4v) is 3.04. The van der Waals surface area contributed by atoms with Gasteiger partial charge in [-0.3, -0.25) is 9.78 Å². The molecule has 1 aliphatic rings. The van der Waals surface area contributed by atoms with Crippen LogP contribution in [-0.4, -0.2) is 42.2 Å². The SMILES string of the molecule is COc1ccc(/C=C/C(=O)N(Cc2cccnc2)CC2CCCO2)cc1F. The second kappa shape index (κ2) is 9.28. The Morgan fingerprint density at radius 2 is 2.33 bits per heavy atom. The molecule has 0 saturated carbocycles. The predicted molar refractivity (Wildman–Crippen MR) is 101 cm³/mol. The fraction of sp³-hybridized carbons (Fsp3) is 0.333. The number of methoxy groups -OCH3 is 1. The molecule has 27 heavy (non-hydrogen) atoms. The van der Waals surface area contributed by atoms with E-state index in [4.69, 9.17) is 9.47 Å². The summed E-state index contributed by atoms with van der Waals surface area (Å²) in [4.78, 5) is 18.6. The van der Waals surface area contributed by atoms with Crippen LogP contribution in [0.1, 0.15) is 24.0 Å². The summed E-state index contributed by atoms with van der Waals surface area (Å²) in [6.07, 6.45) is 8.54. The highest BCUT2D eigenvalue weighted by Gasteiger charge is 2.21. The summed E-state index contributed by atoms with van der Waals surface area (Å²) in [6.45, 7) is 1.71. The Balaban J connectivity index is 1.71. The van der Waals surface area contributed by atoms with Crippen LogP contribution in [0.4, 0.5) is 4.39 Å². The molecule has 3 rings (SSSR count). The molecule has 0 aliphatic carbocycles. The number of aromatic nitrogens is 1. The van der Waals surface area contributed by atoms with E-state index >= 15 is 0 Å². The number of halogens is 1. The van der Waals surface area contributed by atoms with Gasteiger partial charge in [0, 0.05) is 38.2 Å². The Labute approximate surface area is 158 Å². The standard InChI is InChI=1S/C21H23FN2O3/c1-26-20-8-6-16(12-19(20)22)7-9-21(25)24(15-18-5-3-11-27-18)14-17-4-2-10-23-13-17/h2,4,6-10,12-13,18H,3,5,11,14-15H2,1H3/b9-7+. The molecule has 1 aliphatic heterocycles. The van der Waals surface area contributed by atoms with Crippen LogP contribution in [0, 0.1) is 5.82 Å². The van der Waals surface area contributed by atoms with Crippen molar-refractivity contribution in [2.45, 2.75) is 25.5 Å². The van der Waals surface area contributed by atoms with E-state index in [1.807, 2.05) is 12.1 Å². The van der Waals surface area contributed by atoms with Crippen LogP contribution in [0.25, 0.3) is 6.08 Å². The van der Waals surface area contributed by atoms with Crippen LogP contribution in [-0.2, 0) is 16.1 Å². The lowest BCUT2D eigenvalue weighted by Crippen LogP contribution is -2.35. The van der Waals surface area contributed by atoms with E-state index in [0.29, 0.717) is 18.7 Å². The van der Waals surface area contributed by atoms with Gasteiger partial charge in [0.2, 0.25) is 5.91 Å². The van der Waals surface area contributed by atoms with Gasteiger partial charge >= 0.3 is 0 Å². The zero-order valence-electron chi connectivity index (χ0n) is 15.3. The van der Waals surface area contributed by atoms with Crippen molar-refractivity contribution in [2.75, 3.05) is 20.3 Å². The van der Waals surface area contributed by atoms with Gasteiger partial charge in [-0.15, -0.1) is 0 Å². The molecule has 1 atom stereocenters. The van der Waals surface area contributed by atoms with Crippen molar-refractivity contribution in [1.82, 2.24) is 9.88 Å². The maximum absolute atomic E-state index is 13.8. The number of carbonyl (C=O) groups excluding carboxylic acids is 1. The minimum atomic E-state index is -0.460. The molecule has 6 heteroatoms. The lowest BCUT2D eigenvalue weighted by Gasteiger charge is -2.24. The Morgan fingerprint density at radius 3 is 3.00 bits per heavy atom. The lowest BCUT2D eigenvalue weighted by atomic mass is 10.1. The van der Waals surface area contributed by atoms with E-state index in [-0.39, 0.29) is 17.8 Å². The molecule has 0 spiro atoms. The number of rotatable bonds is 7. The van der Waals surface area contributed by atoms with Gasteiger partial charge in [-0.25, -0.2) is 4.39 Å². The van der Waals surface area contributed by atoms with Crippen molar-refractivity contribution in [3.05, 3.63) is 65.7 Å². The summed E-state index contributed by atoms with van der Waals surface area (Å²) in [6, 6.07) is 8.37. The number of ether oxygens (including phenoxy) is 2. The average Bonchev–Trinajstić information content (AvgIpc) is 3.19. The van der Waals surface area contributed by atoms with Gasteiger partial charge in [-0.05, 0) is 48.2 Å². The van der Waals surface area contributed by atoms with Crippen molar-refractivity contribution in [3.8, 4) is 5.75 Å². The van der Waals surface area contributed by atoms with Crippen molar-refractivity contribution in [2.24, 2.45) is 0 Å². The lowest BCUT2D eigenvalue weighted by molar-refractivity contribution is -0.128. The molecule has 5 nitrogen and oxygen atoms in total. The summed E-state index contributed by atoms with van der Waals surface area (Å²) in [5, 5.41) is 0. The van der Waals surface area contributed by atoms with Gasteiger partial charge in [0.15, 0.2) is 11.6 Å². The predicted octanol–water partition coefficient (Wildman–Crippen LogP) is 3.45. The molecule has 1 saturated heterocycles. The van der Waals surface area contributed by atoms with Crippen molar-refractivity contribution < 1.29 is 18.7 Å². The number of benzene rings is 1. The van der Waals surface area contributed by atoms with Gasteiger partial charge in [-0.2, -0.15) is 0 Å². The van der Waals surface area contributed by atoms with Gasteiger partial charge in [-0.1, -0.05) is 12.1 Å². The monoisotopic (exact) mass is 370 g/mol. The third kappa shape index (κ3) is 5.37. The van der Waals surface area contributed by atoms with Crippen molar-refractivity contribution in [3.63, 3.8) is 0 Å². The molecule has 142 valence electrons. The van der Waals surface area contributed by atoms with E-state index < -0.39 is 5.82 Å². The van der Waals surface area contributed by atoms with E-state index in [1.165, 1.54) is 19.3 Å². The minimum absolute atomic E-state index is 0.0532. The van der Waals surface area contributed by atoms with Crippen LogP contribution < -0.4 is 4.74 Å². The Bertz CT molecular complexity index is 789. The van der Waals surface area contributed by atoms with Crippen molar-refractivity contribution in [1.29, 1.82) is 0 Å². The molecule has 0 radical (unpaired) electrons. The largest absolute Gasteiger partial charge is 0.494 e. The van der Waals surface area contributed by atoms with Crippen LogP contribution >= 0.6 is 0 Å². The maximum Gasteiger partial charge on any atom is 0.246 e. The zero-order valence-corrected chi connectivity index (χ0v) is 15.3. The molecule has 0 bridgehead atoms. The third-order valence-electron chi connectivity index (χ3n) is 4.45. The zero-order chi connectivity index (χ0) is 19.1. The average molecular weight is 370 g/mol. The molecule has 1 aromatic carbocycles. The van der Waals surface area contributed by atoms with Crippen LogP contribution in [0.3, 0.4) is 0 Å². The first kappa shape index (κ1) is 19.0. The summed E-state index contributed by atoms with van der Waals surface area (Å²) in [5.74, 6) is -0.431. The highest BCUT2D eigenvalue weighted by Crippen LogP contribution is 2.19. The summed E-state index contributed by atoms with van der Waals surface area (Å²) in [5.41, 5.74) is 1.55. The number of amides is 1. The Hall–Kier alpha value is -2.73. The molecule has 1 unspecified atom stereocenters. The topological polar surface area (TPSA) is 51.7 Å². The number of hydrogen-bond donors (Lipinski definition) is 0. The molecular formula is C21H23FN2O3. The summed E-state index contributed by atoms with van der Waals surface area (Å²) >= 11 is 0. The fourth-order valence-electron chi connectivity index (χ4n) is 3.04. The minimum Gasteiger partial charge on any atom is -0.494 e. The molecule has 0 N–H and O–H groups in total. The third-order valence-corrected chi connectivity index (χ3v) is 4.45. The smallest absolute Gasteiger partial charge is 0.246 e. The van der Waals surface area contributed by atoms with Gasteiger partial charge in [0.1, 0.15) is 0 Å². The first-order valence-electron chi connectivity index (χ1n) is 8.97. The number of carbonyl (C=O) groups is 1. The van der Waals surface area contributed by atoms with Gasteiger partial charge in [0.25, 0.3) is 0 Å². The molecule has 2 aromatic rings. The normalized spacial score (nSPS) is 16.6. The first-order chi connectivity index (χ1) is 13.2. The Kier molecular flexibility index (Phi) is 6.54. The number of hydrogen-bond acceptors (Lipinski definition) is 4. The van der Waals surface area contributed by atoms with Gasteiger partial charge in [0.05, 0.1) is 13.2 Å². The second-order valence-corrected chi connectivity index (χ2v) is 6.44. The van der Waals surface area contributed by atoms with Gasteiger partial charge < -0.3 is 14.4 Å². The first-order valence-corrected chi connectivity index (χ1v) is 8.97. The highest BCUT2D eigenvalue weighted by atomic mass is 19.1. The summed E-state index contributed by atoms with van der Waals surface area (Å²) in [7, 11) is 1.42. The van der Waals surface area contributed by atoms with Crippen LogP contribution in [0.15, 0.2) is 48.8 Å². The highest BCUT2D eigenvalue weighted by molar-refractivity contribution is 5.91. The van der Waals surface area contributed by atoms with Crippen LogP contribution in [0.5, 0.6) is 5.75 Å². The van der Waals surface area contributed by atoms with E-state index in [1.54, 1.807) is 35.5 Å². The molecular weight excluding hydrogens is 347 g/mol. The van der Waals surface area contributed by atoms with E-state index in [9.17, 15) is 9.18 Å². The maximum atomic E-state index is 13.8. The number of pyridine rings is 1. The second-order valence-electron chi connectivity index (χ2n) is 6.44. The van der Waals surface area contributed by atoms with E-state index in [0.717, 1.165) is 25.0 Å². The van der Waals surface area contributed by atoms with Crippen molar-refractivity contribution >= 4 is 12.0 Å². The van der Waals surface area contributed by atoms with E-state index in [2.05, 4.69) is 4.98 Å². The Morgan fingerprint density at radius 1 is 1.44 bits per heavy atom.